The molecule has 0 N–H and O–H groups in total. The number of aromatic nitrogens is 2. The Morgan fingerprint density at radius 3 is 2.28 bits per heavy atom. The number of sulfonamides is 1. The Kier molecular flexibility index (Phi) is 8.24. The number of halogens is 2. The first-order valence-electron chi connectivity index (χ1n) is 8.95. The number of hydrogen-bond donors (Lipinski definition) is 0. The highest BCUT2D eigenvalue weighted by Gasteiger charge is 2.41. The molecule has 12 heteroatoms. The van der Waals surface area contributed by atoms with Gasteiger partial charge in [-0.05, 0) is 25.5 Å². The summed E-state index contributed by atoms with van der Waals surface area (Å²) in [6, 6.07) is 1.81. The molecule has 0 atom stereocenters. The van der Waals surface area contributed by atoms with E-state index >= 15 is 0 Å². The van der Waals surface area contributed by atoms with E-state index in [1.165, 1.54) is 11.3 Å². The standard InChI is InChI=1S/C17H21N5O3S2.2ClH/c23-16-14-12-26-13-15(14)27(24,25)22(16)7-2-1-6-20-8-10-21(11-9-20)17-18-4-3-5-19-17;;/h3-5,12-13H,1-2,6-11H2;2*1H. The zero-order valence-corrected chi connectivity index (χ0v) is 18.9. The van der Waals surface area contributed by atoms with E-state index < -0.39 is 10.0 Å². The van der Waals surface area contributed by atoms with Crippen molar-refractivity contribution in [3.8, 4) is 0 Å². The van der Waals surface area contributed by atoms with Gasteiger partial charge in [0.05, 0.1) is 5.56 Å². The maximum atomic E-state index is 12.4. The summed E-state index contributed by atoms with van der Waals surface area (Å²) in [5, 5.41) is 3.16. The molecule has 1 fully saturated rings. The molecule has 0 radical (unpaired) electrons. The summed E-state index contributed by atoms with van der Waals surface area (Å²) in [7, 11) is -3.64. The van der Waals surface area contributed by atoms with E-state index in [-0.39, 0.29) is 42.2 Å². The maximum absolute atomic E-state index is 12.4. The first kappa shape index (κ1) is 23.8. The molecule has 1 amide bonds. The van der Waals surface area contributed by atoms with Gasteiger partial charge >= 0.3 is 0 Å². The lowest BCUT2D eigenvalue weighted by molar-refractivity contribution is 0.0869. The highest BCUT2D eigenvalue weighted by molar-refractivity contribution is 7.90. The van der Waals surface area contributed by atoms with Crippen LogP contribution < -0.4 is 4.90 Å². The Labute approximate surface area is 186 Å². The smallest absolute Gasteiger partial charge is 0.269 e. The highest BCUT2D eigenvalue weighted by Crippen LogP contribution is 2.33. The molecule has 0 bridgehead atoms. The lowest BCUT2D eigenvalue weighted by Crippen LogP contribution is -2.47. The first-order valence-corrected chi connectivity index (χ1v) is 11.3. The van der Waals surface area contributed by atoms with Gasteiger partial charge in [-0.15, -0.1) is 24.8 Å². The van der Waals surface area contributed by atoms with E-state index in [0.29, 0.717) is 12.0 Å². The third kappa shape index (κ3) is 4.83. The van der Waals surface area contributed by atoms with Gasteiger partial charge in [-0.3, -0.25) is 9.69 Å². The Hall–Kier alpha value is -1.46. The Morgan fingerprint density at radius 1 is 0.966 bits per heavy atom. The summed E-state index contributed by atoms with van der Waals surface area (Å²) in [6.45, 7) is 4.75. The number of rotatable bonds is 6. The fourth-order valence-corrected chi connectivity index (χ4v) is 6.20. The van der Waals surface area contributed by atoms with Crippen LogP contribution in [-0.2, 0) is 10.0 Å². The van der Waals surface area contributed by atoms with Crippen molar-refractivity contribution in [1.29, 1.82) is 0 Å². The molecule has 2 aromatic heterocycles. The van der Waals surface area contributed by atoms with Gasteiger partial charge in [0.2, 0.25) is 5.95 Å². The third-order valence-electron chi connectivity index (χ3n) is 4.94. The predicted molar refractivity (Wildman–Crippen MR) is 117 cm³/mol. The van der Waals surface area contributed by atoms with E-state index in [0.717, 1.165) is 49.4 Å². The van der Waals surface area contributed by atoms with Gasteiger partial charge < -0.3 is 4.90 Å². The van der Waals surface area contributed by atoms with Gasteiger partial charge in [0.1, 0.15) is 4.90 Å². The van der Waals surface area contributed by atoms with Crippen LogP contribution in [0.1, 0.15) is 23.2 Å². The van der Waals surface area contributed by atoms with Crippen molar-refractivity contribution in [1.82, 2.24) is 19.2 Å². The Balaban J connectivity index is 0.00000150. The van der Waals surface area contributed by atoms with Crippen molar-refractivity contribution in [3.63, 3.8) is 0 Å². The summed E-state index contributed by atoms with van der Waals surface area (Å²) in [4.78, 5) is 25.5. The van der Waals surface area contributed by atoms with Crippen LogP contribution in [0.3, 0.4) is 0 Å². The lowest BCUT2D eigenvalue weighted by atomic mass is 10.2. The predicted octanol–water partition coefficient (Wildman–Crippen LogP) is 2.13. The second-order valence-electron chi connectivity index (χ2n) is 6.62. The van der Waals surface area contributed by atoms with Crippen molar-refractivity contribution < 1.29 is 13.2 Å². The van der Waals surface area contributed by atoms with Crippen LogP contribution in [-0.4, -0.2) is 72.8 Å². The number of unbranched alkanes of at least 4 members (excludes halogenated alkanes) is 1. The third-order valence-corrected chi connectivity index (χ3v) is 7.66. The van der Waals surface area contributed by atoms with Gasteiger partial charge in [-0.25, -0.2) is 22.7 Å². The number of fused-ring (bicyclic) bond motifs is 1. The van der Waals surface area contributed by atoms with Crippen LogP contribution in [0.15, 0.2) is 34.1 Å². The number of carbonyl (C=O) groups is 1. The van der Waals surface area contributed by atoms with Crippen LogP contribution in [0.2, 0.25) is 0 Å². The molecular weight excluding hydrogens is 457 g/mol. The molecule has 0 unspecified atom stereocenters. The zero-order valence-electron chi connectivity index (χ0n) is 15.6. The summed E-state index contributed by atoms with van der Waals surface area (Å²) in [5.41, 5.74) is 0.319. The van der Waals surface area contributed by atoms with Gasteiger partial charge in [0.15, 0.2) is 0 Å². The summed E-state index contributed by atoms with van der Waals surface area (Å²) < 4.78 is 25.8. The number of piperazine rings is 1. The molecule has 0 saturated carbocycles. The molecule has 0 spiro atoms. The monoisotopic (exact) mass is 479 g/mol. The molecular formula is C17H23Cl2N5O3S2. The van der Waals surface area contributed by atoms with Gasteiger partial charge in [0.25, 0.3) is 15.9 Å². The number of thiophene rings is 1. The van der Waals surface area contributed by atoms with Crippen LogP contribution >= 0.6 is 36.2 Å². The second kappa shape index (κ2) is 10.0. The van der Waals surface area contributed by atoms with E-state index in [4.69, 9.17) is 0 Å². The minimum absolute atomic E-state index is 0. The molecule has 0 aliphatic carbocycles. The van der Waals surface area contributed by atoms with Gasteiger partial charge in [0, 0.05) is 55.9 Å². The van der Waals surface area contributed by atoms with E-state index in [2.05, 4.69) is 19.8 Å². The van der Waals surface area contributed by atoms with Crippen molar-refractivity contribution >= 4 is 58.0 Å². The summed E-state index contributed by atoms with van der Waals surface area (Å²) >= 11 is 1.25. The Bertz CT molecular complexity index is 918. The number of anilines is 1. The normalized spacial score (nSPS) is 18.1. The summed E-state index contributed by atoms with van der Waals surface area (Å²) in [6.07, 6.45) is 5.03. The zero-order chi connectivity index (χ0) is 18.9. The molecule has 4 rings (SSSR count). The van der Waals surface area contributed by atoms with E-state index in [9.17, 15) is 13.2 Å². The number of carbonyl (C=O) groups excluding carboxylic acids is 1. The molecule has 2 aliphatic heterocycles. The van der Waals surface area contributed by atoms with Crippen LogP contribution in [0.25, 0.3) is 0 Å². The first-order chi connectivity index (χ1) is 13.1. The second-order valence-corrected chi connectivity index (χ2v) is 9.19. The van der Waals surface area contributed by atoms with Crippen molar-refractivity contribution in [2.45, 2.75) is 17.7 Å². The molecule has 8 nitrogen and oxygen atoms in total. The average Bonchev–Trinajstić information content (AvgIpc) is 3.25. The fraction of sp³-hybridized carbons (Fsp3) is 0.471. The van der Waals surface area contributed by atoms with E-state index in [1.807, 2.05) is 6.07 Å². The molecule has 2 aromatic rings. The van der Waals surface area contributed by atoms with Crippen molar-refractivity contribution in [2.24, 2.45) is 0 Å². The van der Waals surface area contributed by atoms with Crippen molar-refractivity contribution in [3.05, 3.63) is 34.8 Å². The SMILES string of the molecule is Cl.Cl.O=C1c2cscc2S(=O)(=O)N1CCCCN1CCN(c2ncccn2)CC1. The minimum atomic E-state index is -3.64. The van der Waals surface area contributed by atoms with Crippen LogP contribution in [0, 0.1) is 0 Å². The Morgan fingerprint density at radius 2 is 1.62 bits per heavy atom. The molecule has 160 valence electrons. The number of amides is 1. The largest absolute Gasteiger partial charge is 0.338 e. The highest BCUT2D eigenvalue weighted by atomic mass is 35.5. The topological polar surface area (TPSA) is 86.7 Å². The maximum Gasteiger partial charge on any atom is 0.269 e. The number of hydrogen-bond acceptors (Lipinski definition) is 8. The molecule has 29 heavy (non-hydrogen) atoms. The fourth-order valence-electron chi connectivity index (χ4n) is 3.44. The molecule has 0 aromatic carbocycles. The number of nitrogens with zero attached hydrogens (tertiary/aromatic N) is 5. The average molecular weight is 480 g/mol. The summed E-state index contributed by atoms with van der Waals surface area (Å²) in [5.74, 6) is 0.380. The lowest BCUT2D eigenvalue weighted by Gasteiger charge is -2.34. The minimum Gasteiger partial charge on any atom is -0.338 e. The van der Waals surface area contributed by atoms with Crippen molar-refractivity contribution in [2.75, 3.05) is 44.2 Å². The van der Waals surface area contributed by atoms with Crippen LogP contribution in [0.4, 0.5) is 5.95 Å². The van der Waals surface area contributed by atoms with Gasteiger partial charge in [-0.1, -0.05) is 0 Å². The molecule has 1 saturated heterocycles. The quantitative estimate of drug-likeness (QED) is 0.586. The van der Waals surface area contributed by atoms with Crippen LogP contribution in [0.5, 0.6) is 0 Å². The van der Waals surface area contributed by atoms with Gasteiger partial charge in [-0.2, -0.15) is 11.3 Å². The van der Waals surface area contributed by atoms with E-state index in [1.54, 1.807) is 23.2 Å². The molecule has 4 heterocycles. The molecule has 2 aliphatic rings.